The smallest absolute Gasteiger partial charge is 0.315 e. The number of nitrogens with one attached hydrogen (secondary N) is 2. The van der Waals surface area contributed by atoms with Gasteiger partial charge in [-0.3, -0.25) is 9.48 Å². The van der Waals surface area contributed by atoms with Crippen molar-refractivity contribution in [2.75, 3.05) is 13.1 Å². The molecule has 2 N–H and O–H groups in total. The molecule has 7 heteroatoms. The standard InChI is InChI=1S/C25H35N5O2/c1-18-15-19(2)30(28-18)17-20-7-6-8-21(16-20)24(31)29-13-11-23(12-14-29)27-25(32)26-22-9-4-3-5-10-22/h6-8,15-16,22-23H,3-5,9-14,17H2,1-2H3,(H2,26,27,32). The van der Waals surface area contributed by atoms with Crippen LogP contribution >= 0.6 is 0 Å². The van der Waals surface area contributed by atoms with Crippen LogP contribution in [0.2, 0.25) is 0 Å². The predicted octanol–water partition coefficient (Wildman–Crippen LogP) is 3.78. The lowest BCUT2D eigenvalue weighted by Gasteiger charge is -2.33. The predicted molar refractivity (Wildman–Crippen MR) is 125 cm³/mol. The van der Waals surface area contributed by atoms with Crippen LogP contribution in [-0.2, 0) is 6.54 Å². The van der Waals surface area contributed by atoms with Gasteiger partial charge in [0.2, 0.25) is 0 Å². The van der Waals surface area contributed by atoms with Crippen molar-refractivity contribution in [1.82, 2.24) is 25.3 Å². The van der Waals surface area contributed by atoms with Crippen LogP contribution in [0.15, 0.2) is 30.3 Å². The topological polar surface area (TPSA) is 79.3 Å². The molecule has 2 aromatic rings. The van der Waals surface area contributed by atoms with Crippen molar-refractivity contribution in [2.24, 2.45) is 0 Å². The summed E-state index contributed by atoms with van der Waals surface area (Å²) in [7, 11) is 0. The van der Waals surface area contributed by atoms with Crippen LogP contribution in [0.3, 0.4) is 0 Å². The van der Waals surface area contributed by atoms with Gasteiger partial charge in [0.15, 0.2) is 0 Å². The SMILES string of the molecule is Cc1cc(C)n(Cc2cccc(C(=O)N3CCC(NC(=O)NC4CCCCC4)CC3)c2)n1. The fourth-order valence-electron chi connectivity index (χ4n) is 4.88. The maximum absolute atomic E-state index is 13.1. The van der Waals surface area contributed by atoms with E-state index in [9.17, 15) is 9.59 Å². The summed E-state index contributed by atoms with van der Waals surface area (Å²) in [5.41, 5.74) is 3.89. The fourth-order valence-corrected chi connectivity index (χ4v) is 4.88. The largest absolute Gasteiger partial charge is 0.338 e. The lowest BCUT2D eigenvalue weighted by Crippen LogP contribution is -2.51. The molecule has 0 atom stereocenters. The summed E-state index contributed by atoms with van der Waals surface area (Å²) in [6.45, 7) is 6.01. The van der Waals surface area contributed by atoms with Gasteiger partial charge >= 0.3 is 6.03 Å². The van der Waals surface area contributed by atoms with Crippen molar-refractivity contribution in [2.45, 2.75) is 77.4 Å². The Balaban J connectivity index is 1.27. The molecular formula is C25H35N5O2. The molecule has 1 saturated carbocycles. The van der Waals surface area contributed by atoms with Crippen molar-refractivity contribution in [1.29, 1.82) is 0 Å². The van der Waals surface area contributed by atoms with Crippen LogP contribution in [0.1, 0.15) is 72.3 Å². The van der Waals surface area contributed by atoms with Crippen LogP contribution in [0.5, 0.6) is 0 Å². The first-order chi connectivity index (χ1) is 15.5. The molecule has 1 aliphatic heterocycles. The lowest BCUT2D eigenvalue weighted by molar-refractivity contribution is 0.0708. The molecule has 1 aliphatic carbocycles. The molecule has 1 aromatic carbocycles. The van der Waals surface area contributed by atoms with Crippen molar-refractivity contribution in [3.05, 3.63) is 52.8 Å². The van der Waals surface area contributed by atoms with E-state index in [0.717, 1.165) is 42.6 Å². The molecule has 7 nitrogen and oxygen atoms in total. The molecule has 2 heterocycles. The molecule has 3 amide bonds. The van der Waals surface area contributed by atoms with Gasteiger partial charge in [0.25, 0.3) is 5.91 Å². The Morgan fingerprint density at radius 1 is 0.969 bits per heavy atom. The number of hydrogen-bond donors (Lipinski definition) is 2. The molecular weight excluding hydrogens is 402 g/mol. The van der Waals surface area contributed by atoms with Crippen molar-refractivity contribution in [3.63, 3.8) is 0 Å². The van der Waals surface area contributed by atoms with Crippen LogP contribution in [0.4, 0.5) is 4.79 Å². The molecule has 0 spiro atoms. The third-order valence-electron chi connectivity index (χ3n) is 6.67. The zero-order chi connectivity index (χ0) is 22.5. The van der Waals surface area contributed by atoms with E-state index in [1.165, 1.54) is 19.3 Å². The van der Waals surface area contributed by atoms with E-state index in [1.807, 2.05) is 47.7 Å². The van der Waals surface area contributed by atoms with Gasteiger partial charge in [-0.05, 0) is 63.3 Å². The summed E-state index contributed by atoms with van der Waals surface area (Å²) in [5.74, 6) is 0.0605. The Kier molecular flexibility index (Phi) is 7.12. The van der Waals surface area contributed by atoms with E-state index in [-0.39, 0.29) is 18.0 Å². The molecule has 0 bridgehead atoms. The van der Waals surface area contributed by atoms with Crippen LogP contribution < -0.4 is 10.6 Å². The first-order valence-electron chi connectivity index (χ1n) is 11.9. The summed E-state index contributed by atoms with van der Waals surface area (Å²) in [5, 5.41) is 10.8. The second-order valence-corrected chi connectivity index (χ2v) is 9.30. The summed E-state index contributed by atoms with van der Waals surface area (Å²) in [4.78, 5) is 27.3. The first-order valence-corrected chi connectivity index (χ1v) is 11.9. The van der Waals surface area contributed by atoms with Gasteiger partial charge in [0.1, 0.15) is 0 Å². The summed E-state index contributed by atoms with van der Waals surface area (Å²) in [6, 6.07) is 10.3. The highest BCUT2D eigenvalue weighted by Crippen LogP contribution is 2.18. The van der Waals surface area contributed by atoms with E-state index >= 15 is 0 Å². The molecule has 172 valence electrons. The van der Waals surface area contributed by atoms with E-state index in [0.29, 0.717) is 31.2 Å². The number of likely N-dealkylation sites (tertiary alicyclic amines) is 1. The number of nitrogens with zero attached hydrogens (tertiary/aromatic N) is 3. The number of amides is 3. The second-order valence-electron chi connectivity index (χ2n) is 9.30. The Morgan fingerprint density at radius 2 is 1.66 bits per heavy atom. The fraction of sp³-hybridized carbons (Fsp3) is 0.560. The summed E-state index contributed by atoms with van der Waals surface area (Å²) in [6.07, 6.45) is 7.42. The summed E-state index contributed by atoms with van der Waals surface area (Å²) < 4.78 is 1.97. The number of hydrogen-bond acceptors (Lipinski definition) is 3. The van der Waals surface area contributed by atoms with E-state index in [2.05, 4.69) is 21.8 Å². The highest BCUT2D eigenvalue weighted by atomic mass is 16.2. The average Bonchev–Trinajstić information content (AvgIpc) is 3.11. The van der Waals surface area contributed by atoms with Crippen LogP contribution in [0.25, 0.3) is 0 Å². The molecule has 0 unspecified atom stereocenters. The van der Waals surface area contributed by atoms with Gasteiger partial charge in [0.05, 0.1) is 12.2 Å². The molecule has 32 heavy (non-hydrogen) atoms. The zero-order valence-electron chi connectivity index (χ0n) is 19.3. The second kappa shape index (κ2) is 10.2. The number of urea groups is 1. The van der Waals surface area contributed by atoms with Crippen molar-refractivity contribution < 1.29 is 9.59 Å². The molecule has 2 aliphatic rings. The highest BCUT2D eigenvalue weighted by molar-refractivity contribution is 5.94. The number of aromatic nitrogens is 2. The monoisotopic (exact) mass is 437 g/mol. The van der Waals surface area contributed by atoms with E-state index < -0.39 is 0 Å². The minimum absolute atomic E-state index is 0.0569. The van der Waals surface area contributed by atoms with Gasteiger partial charge in [0, 0.05) is 36.4 Å². The van der Waals surface area contributed by atoms with Crippen molar-refractivity contribution in [3.8, 4) is 0 Å². The Labute approximate surface area is 190 Å². The Bertz CT molecular complexity index is 940. The van der Waals surface area contributed by atoms with Gasteiger partial charge in [-0.2, -0.15) is 5.10 Å². The van der Waals surface area contributed by atoms with Crippen LogP contribution in [-0.4, -0.2) is 51.8 Å². The van der Waals surface area contributed by atoms with E-state index in [1.54, 1.807) is 0 Å². The Hall–Kier alpha value is -2.83. The molecule has 2 fully saturated rings. The van der Waals surface area contributed by atoms with Crippen molar-refractivity contribution >= 4 is 11.9 Å². The number of piperidine rings is 1. The first kappa shape index (κ1) is 22.4. The maximum Gasteiger partial charge on any atom is 0.315 e. The van der Waals surface area contributed by atoms with Gasteiger partial charge in [-0.25, -0.2) is 4.79 Å². The normalized spacial score (nSPS) is 17.9. The van der Waals surface area contributed by atoms with E-state index in [4.69, 9.17) is 0 Å². The molecule has 0 radical (unpaired) electrons. The maximum atomic E-state index is 13.1. The number of carbonyl (C=O) groups is 2. The van der Waals surface area contributed by atoms with Gasteiger partial charge in [-0.1, -0.05) is 31.4 Å². The lowest BCUT2D eigenvalue weighted by atomic mass is 9.96. The minimum atomic E-state index is -0.0569. The molecule has 1 aromatic heterocycles. The van der Waals surface area contributed by atoms with Crippen LogP contribution in [0, 0.1) is 13.8 Å². The van der Waals surface area contributed by atoms with Gasteiger partial charge < -0.3 is 15.5 Å². The zero-order valence-corrected chi connectivity index (χ0v) is 19.3. The third-order valence-corrected chi connectivity index (χ3v) is 6.67. The number of rotatable bonds is 5. The third kappa shape index (κ3) is 5.69. The average molecular weight is 438 g/mol. The highest BCUT2D eigenvalue weighted by Gasteiger charge is 2.25. The quantitative estimate of drug-likeness (QED) is 0.747. The minimum Gasteiger partial charge on any atom is -0.338 e. The molecule has 4 rings (SSSR count). The van der Waals surface area contributed by atoms with Gasteiger partial charge in [-0.15, -0.1) is 0 Å². The number of aryl methyl sites for hydroxylation is 2. The summed E-state index contributed by atoms with van der Waals surface area (Å²) >= 11 is 0. The Morgan fingerprint density at radius 3 is 2.31 bits per heavy atom. The molecule has 1 saturated heterocycles. The number of benzene rings is 1. The number of carbonyl (C=O) groups excluding carboxylic acids is 2.